The van der Waals surface area contributed by atoms with E-state index < -0.39 is 61.6 Å². The predicted molar refractivity (Wildman–Crippen MR) is 74.0 cm³/mol. The highest BCUT2D eigenvalue weighted by Crippen LogP contribution is 2.28. The van der Waals surface area contributed by atoms with E-state index in [-0.39, 0.29) is 11.0 Å². The van der Waals surface area contributed by atoms with Crippen LogP contribution in [0.5, 0.6) is 0 Å². The van der Waals surface area contributed by atoms with Crippen LogP contribution < -0.4 is 0 Å². The monoisotopic (exact) mass is 381 g/mol. The summed E-state index contributed by atoms with van der Waals surface area (Å²) in [6, 6.07) is 3.45. The minimum absolute atomic E-state index is 0.0181. The molecule has 0 aliphatic rings. The zero-order chi connectivity index (χ0) is 18.9. The molecular formula is C14H5F6NO3S. The van der Waals surface area contributed by atoms with Gasteiger partial charge in [0.25, 0.3) is 0 Å². The third kappa shape index (κ3) is 3.61. The van der Waals surface area contributed by atoms with Crippen LogP contribution in [0.3, 0.4) is 0 Å². The van der Waals surface area contributed by atoms with Gasteiger partial charge in [0, 0.05) is 0 Å². The highest BCUT2D eigenvalue weighted by molar-refractivity contribution is 7.95. The Kier molecular flexibility index (Phi) is 5.38. The van der Waals surface area contributed by atoms with Crippen molar-refractivity contribution in [3.63, 3.8) is 0 Å². The zero-order valence-electron chi connectivity index (χ0n) is 11.7. The molecule has 0 aliphatic heterocycles. The van der Waals surface area contributed by atoms with Gasteiger partial charge in [0.1, 0.15) is 10.7 Å². The van der Waals surface area contributed by atoms with Gasteiger partial charge in [-0.3, -0.25) is 10.1 Å². The normalized spacial score (nSPS) is 13.0. The van der Waals surface area contributed by atoms with Crippen molar-refractivity contribution >= 4 is 17.3 Å². The van der Waals surface area contributed by atoms with E-state index in [1.165, 1.54) is 0 Å². The minimum atomic E-state index is -2.67. The van der Waals surface area contributed by atoms with Gasteiger partial charge in [0.15, 0.2) is 28.2 Å². The Bertz CT molecular complexity index is 843. The van der Waals surface area contributed by atoms with Crippen LogP contribution in [-0.4, -0.2) is 9.48 Å². The Morgan fingerprint density at radius 3 is 1.76 bits per heavy atom. The first kappa shape index (κ1) is 18.8. The van der Waals surface area contributed by atoms with Gasteiger partial charge in [-0.05, 0) is 24.3 Å². The highest BCUT2D eigenvalue weighted by atomic mass is 32.2. The van der Waals surface area contributed by atoms with E-state index in [9.17, 15) is 41.0 Å². The number of halogens is 6. The van der Waals surface area contributed by atoms with Gasteiger partial charge in [0.05, 0.1) is 22.8 Å². The van der Waals surface area contributed by atoms with E-state index in [1.807, 2.05) is 0 Å². The molecular weight excluding hydrogens is 376 g/mol. The van der Waals surface area contributed by atoms with Crippen LogP contribution in [-0.2, 0) is 11.2 Å². The summed E-state index contributed by atoms with van der Waals surface area (Å²) in [5, 5.41) is 9.66. The van der Waals surface area contributed by atoms with Crippen molar-refractivity contribution in [2.24, 2.45) is 0 Å². The molecule has 0 radical (unpaired) electrons. The molecule has 0 heterocycles. The molecule has 132 valence electrons. The van der Waals surface area contributed by atoms with Crippen LogP contribution in [0, 0.1) is 45.0 Å². The first-order chi connectivity index (χ1) is 11.6. The van der Waals surface area contributed by atoms with Crippen molar-refractivity contribution in [1.29, 1.82) is 0 Å². The number of nitrogens with zero attached hydrogens (tertiary/aromatic N) is 1. The average molecular weight is 381 g/mol. The van der Waals surface area contributed by atoms with Crippen molar-refractivity contribution in [2.45, 2.75) is 4.90 Å². The fourth-order valence-electron chi connectivity index (χ4n) is 1.72. The lowest BCUT2D eigenvalue weighted by atomic mass is 10.1. The smallest absolute Gasteiger partial charge is 0.446 e. The zero-order valence-corrected chi connectivity index (χ0v) is 12.6. The summed E-state index contributed by atoms with van der Waals surface area (Å²) in [5.41, 5.74) is -1.61. The Morgan fingerprint density at radius 1 is 0.880 bits per heavy atom. The fraction of sp³-hybridized carbons (Fsp3) is 0. The van der Waals surface area contributed by atoms with E-state index in [0.717, 1.165) is 24.3 Å². The van der Waals surface area contributed by atoms with Gasteiger partial charge >= 0.3 is 5.03 Å². The van der Waals surface area contributed by atoms with E-state index in [4.69, 9.17) is 0 Å². The lowest BCUT2D eigenvalue weighted by molar-refractivity contribution is -0.410. The van der Waals surface area contributed by atoms with E-state index in [0.29, 0.717) is 0 Å². The highest BCUT2D eigenvalue weighted by Gasteiger charge is 2.33. The minimum Gasteiger partial charge on any atom is -0.602 e. The van der Waals surface area contributed by atoms with E-state index in [1.54, 1.807) is 0 Å². The number of hydrogen-bond acceptors (Lipinski definition) is 3. The fourth-order valence-corrected chi connectivity index (χ4v) is 2.71. The van der Waals surface area contributed by atoms with Crippen molar-refractivity contribution in [3.8, 4) is 0 Å². The largest absolute Gasteiger partial charge is 0.602 e. The molecule has 0 aliphatic carbocycles. The summed E-state index contributed by atoms with van der Waals surface area (Å²) in [4.78, 5) is 9.39. The summed E-state index contributed by atoms with van der Waals surface area (Å²) in [6.07, 6.45) is -0.0181. The maximum atomic E-state index is 13.6. The maximum Gasteiger partial charge on any atom is 0.446 e. The standard InChI is InChI=1S/C14H5F6NO3S/c15-6-1-3-7(4-2-6)25(24)9(21(22)23)5-8-10(16)12(18)14(20)13(19)11(8)17/h1-5H/b9-5+. The molecule has 0 bridgehead atoms. The molecule has 0 saturated heterocycles. The Balaban J connectivity index is 2.62. The quantitative estimate of drug-likeness (QED) is 0.201. The van der Waals surface area contributed by atoms with Crippen molar-refractivity contribution < 1.29 is 35.8 Å². The summed E-state index contributed by atoms with van der Waals surface area (Å²) in [5.74, 6) is -12.4. The second-order valence-electron chi connectivity index (χ2n) is 4.45. The Labute approximate surface area is 138 Å². The first-order valence-electron chi connectivity index (χ1n) is 6.20. The molecule has 2 rings (SSSR count). The third-order valence-corrected chi connectivity index (χ3v) is 4.26. The molecule has 2 aromatic rings. The average Bonchev–Trinajstić information content (AvgIpc) is 2.58. The molecule has 11 heteroatoms. The van der Waals surface area contributed by atoms with Gasteiger partial charge in [-0.15, -0.1) is 0 Å². The number of benzene rings is 2. The molecule has 4 nitrogen and oxygen atoms in total. The van der Waals surface area contributed by atoms with Crippen LogP contribution in [0.4, 0.5) is 26.3 Å². The molecule has 0 fully saturated rings. The third-order valence-electron chi connectivity index (χ3n) is 2.91. The number of hydrogen-bond donors (Lipinski definition) is 0. The number of nitro groups is 1. The summed E-state index contributed by atoms with van der Waals surface area (Å²) in [6.45, 7) is 0. The van der Waals surface area contributed by atoms with Crippen LogP contribution in [0.15, 0.2) is 34.2 Å². The molecule has 0 aromatic heterocycles. The molecule has 2 aromatic carbocycles. The lowest BCUT2D eigenvalue weighted by Gasteiger charge is -2.08. The molecule has 0 spiro atoms. The Morgan fingerprint density at radius 2 is 1.32 bits per heavy atom. The molecule has 0 N–H and O–H groups in total. The van der Waals surface area contributed by atoms with Gasteiger partial charge in [-0.25, -0.2) is 26.3 Å². The summed E-state index contributed by atoms with van der Waals surface area (Å²) >= 11 is -2.67. The topological polar surface area (TPSA) is 66.2 Å². The number of rotatable bonds is 4. The van der Waals surface area contributed by atoms with Crippen LogP contribution in [0.25, 0.3) is 6.08 Å². The predicted octanol–water partition coefficient (Wildman–Crippen LogP) is 3.90. The van der Waals surface area contributed by atoms with Gasteiger partial charge in [0.2, 0.25) is 5.82 Å². The van der Waals surface area contributed by atoms with Gasteiger partial charge in [-0.1, -0.05) is 0 Å². The Hall–Kier alpha value is -2.53. The second-order valence-corrected chi connectivity index (χ2v) is 5.87. The summed E-state index contributed by atoms with van der Waals surface area (Å²) < 4.78 is 91.4. The van der Waals surface area contributed by atoms with Crippen molar-refractivity contribution in [1.82, 2.24) is 0 Å². The van der Waals surface area contributed by atoms with Crippen LogP contribution in [0.2, 0.25) is 0 Å². The molecule has 1 atom stereocenters. The van der Waals surface area contributed by atoms with Gasteiger partial charge < -0.3 is 4.55 Å². The SMILES string of the molecule is O=[N+]([O-])/C(=C\c1c(F)c(F)c(F)c(F)c1F)[S+]([O-])c1ccc(F)cc1. The van der Waals surface area contributed by atoms with Gasteiger partial charge in [-0.2, -0.15) is 0 Å². The lowest BCUT2D eigenvalue weighted by Crippen LogP contribution is -2.14. The molecule has 1 unspecified atom stereocenters. The van der Waals surface area contributed by atoms with Crippen molar-refractivity contribution in [2.75, 3.05) is 0 Å². The molecule has 25 heavy (non-hydrogen) atoms. The van der Waals surface area contributed by atoms with Crippen molar-refractivity contribution in [3.05, 3.63) is 79.9 Å². The molecule has 0 amide bonds. The van der Waals surface area contributed by atoms with Crippen LogP contribution >= 0.6 is 0 Å². The first-order valence-corrected chi connectivity index (χ1v) is 7.35. The molecule has 0 saturated carbocycles. The van der Waals surface area contributed by atoms with E-state index >= 15 is 0 Å². The van der Waals surface area contributed by atoms with Crippen LogP contribution in [0.1, 0.15) is 5.56 Å². The second kappa shape index (κ2) is 7.15. The maximum absolute atomic E-state index is 13.6. The van der Waals surface area contributed by atoms with E-state index in [2.05, 4.69) is 0 Å². The summed E-state index contributed by atoms with van der Waals surface area (Å²) in [7, 11) is 0.